The summed E-state index contributed by atoms with van der Waals surface area (Å²) in [5.41, 5.74) is 11.1. The summed E-state index contributed by atoms with van der Waals surface area (Å²) >= 11 is 1.82. The lowest BCUT2D eigenvalue weighted by Crippen LogP contribution is -2.20. The van der Waals surface area contributed by atoms with Gasteiger partial charge in [0.05, 0.1) is 11.4 Å². The molecule has 0 radical (unpaired) electrons. The quantitative estimate of drug-likeness (QED) is 0.718. The van der Waals surface area contributed by atoms with Gasteiger partial charge in [-0.1, -0.05) is 30.3 Å². The summed E-state index contributed by atoms with van der Waals surface area (Å²) in [4.78, 5) is 2.42. The highest BCUT2D eigenvalue weighted by atomic mass is 32.1. The van der Waals surface area contributed by atoms with Crippen molar-refractivity contribution in [2.24, 2.45) is 0 Å². The fourth-order valence-electron chi connectivity index (χ4n) is 3.08. The van der Waals surface area contributed by atoms with Crippen molar-refractivity contribution >= 4 is 32.8 Å². The number of thiophene rings is 1. The minimum Gasteiger partial charge on any atom is -0.397 e. The van der Waals surface area contributed by atoms with Crippen molar-refractivity contribution in [1.82, 2.24) is 0 Å². The van der Waals surface area contributed by atoms with E-state index < -0.39 is 0 Å². The lowest BCUT2D eigenvalue weighted by atomic mass is 10.1. The Labute approximate surface area is 122 Å². The van der Waals surface area contributed by atoms with Crippen LogP contribution in [0.25, 0.3) is 10.1 Å². The minimum atomic E-state index is 0.902. The fraction of sp³-hybridized carbons (Fsp3) is 0.176. The summed E-state index contributed by atoms with van der Waals surface area (Å²) in [7, 11) is 0. The maximum Gasteiger partial charge on any atom is 0.0636 e. The first kappa shape index (κ1) is 11.8. The summed E-state index contributed by atoms with van der Waals surface area (Å²) in [5, 5.41) is 3.65. The first-order valence-corrected chi connectivity index (χ1v) is 7.78. The SMILES string of the molecule is Nc1cccc2c1N(Cc1csc3ccccc13)CC2. The zero-order chi connectivity index (χ0) is 13.5. The Bertz CT molecular complexity index is 776. The second kappa shape index (κ2) is 4.53. The first-order valence-electron chi connectivity index (χ1n) is 6.90. The molecule has 0 saturated carbocycles. The molecule has 0 bridgehead atoms. The largest absolute Gasteiger partial charge is 0.397 e. The van der Waals surface area contributed by atoms with Crippen LogP contribution in [0.4, 0.5) is 11.4 Å². The fourth-order valence-corrected chi connectivity index (χ4v) is 4.04. The molecule has 20 heavy (non-hydrogen) atoms. The average Bonchev–Trinajstić information content (AvgIpc) is 3.06. The van der Waals surface area contributed by atoms with E-state index in [0.717, 1.165) is 25.2 Å². The first-order chi connectivity index (χ1) is 9.83. The Balaban J connectivity index is 1.72. The molecule has 4 rings (SSSR count). The van der Waals surface area contributed by atoms with E-state index in [1.807, 2.05) is 17.4 Å². The van der Waals surface area contributed by atoms with Gasteiger partial charge in [0.1, 0.15) is 0 Å². The predicted molar refractivity (Wildman–Crippen MR) is 87.4 cm³/mol. The Hall–Kier alpha value is -2.00. The molecule has 1 aliphatic heterocycles. The third-order valence-electron chi connectivity index (χ3n) is 4.04. The van der Waals surface area contributed by atoms with Crippen molar-refractivity contribution in [2.75, 3.05) is 17.2 Å². The highest BCUT2D eigenvalue weighted by Gasteiger charge is 2.22. The van der Waals surface area contributed by atoms with Crippen LogP contribution in [-0.2, 0) is 13.0 Å². The molecular weight excluding hydrogens is 264 g/mol. The number of nitrogens with two attached hydrogens (primary N) is 1. The zero-order valence-corrected chi connectivity index (χ0v) is 12.0. The van der Waals surface area contributed by atoms with Gasteiger partial charge in [-0.3, -0.25) is 0 Å². The molecule has 0 amide bonds. The van der Waals surface area contributed by atoms with Crippen molar-refractivity contribution in [1.29, 1.82) is 0 Å². The number of benzene rings is 2. The summed E-state index contributed by atoms with van der Waals surface area (Å²) in [6, 6.07) is 14.9. The van der Waals surface area contributed by atoms with E-state index in [-0.39, 0.29) is 0 Å². The molecule has 3 heteroatoms. The number of hydrogen-bond acceptors (Lipinski definition) is 3. The van der Waals surface area contributed by atoms with Gasteiger partial charge in [0, 0.05) is 17.8 Å². The number of hydrogen-bond donors (Lipinski definition) is 1. The summed E-state index contributed by atoms with van der Waals surface area (Å²) in [6.07, 6.45) is 1.10. The van der Waals surface area contributed by atoms with Crippen molar-refractivity contribution in [3.8, 4) is 0 Å². The van der Waals surface area contributed by atoms with Crippen LogP contribution in [-0.4, -0.2) is 6.54 Å². The Morgan fingerprint density at radius 3 is 2.95 bits per heavy atom. The van der Waals surface area contributed by atoms with Crippen LogP contribution in [0, 0.1) is 0 Å². The van der Waals surface area contributed by atoms with E-state index in [4.69, 9.17) is 5.73 Å². The van der Waals surface area contributed by atoms with Gasteiger partial charge in [-0.15, -0.1) is 11.3 Å². The van der Waals surface area contributed by atoms with E-state index in [9.17, 15) is 0 Å². The number of nitrogens with zero attached hydrogens (tertiary/aromatic N) is 1. The number of fused-ring (bicyclic) bond motifs is 2. The van der Waals surface area contributed by atoms with E-state index in [2.05, 4.69) is 46.7 Å². The van der Waals surface area contributed by atoms with Crippen LogP contribution in [0.3, 0.4) is 0 Å². The molecule has 1 aromatic heterocycles. The topological polar surface area (TPSA) is 29.3 Å². The molecule has 100 valence electrons. The predicted octanol–water partition coefficient (Wildman–Crippen LogP) is 4.05. The van der Waals surface area contributed by atoms with E-state index >= 15 is 0 Å². The second-order valence-electron chi connectivity index (χ2n) is 5.28. The van der Waals surface area contributed by atoms with Gasteiger partial charge in [-0.05, 0) is 40.4 Å². The van der Waals surface area contributed by atoms with Crippen molar-refractivity contribution in [3.05, 3.63) is 59.0 Å². The monoisotopic (exact) mass is 280 g/mol. The summed E-state index contributed by atoms with van der Waals surface area (Å²) < 4.78 is 1.36. The molecule has 0 atom stereocenters. The van der Waals surface area contributed by atoms with Gasteiger partial charge in [-0.25, -0.2) is 0 Å². The van der Waals surface area contributed by atoms with Crippen LogP contribution in [0.5, 0.6) is 0 Å². The van der Waals surface area contributed by atoms with Crippen molar-refractivity contribution in [3.63, 3.8) is 0 Å². The average molecular weight is 280 g/mol. The Morgan fingerprint density at radius 1 is 1.10 bits per heavy atom. The van der Waals surface area contributed by atoms with E-state index in [1.54, 1.807) is 0 Å². The molecule has 0 unspecified atom stereocenters. The van der Waals surface area contributed by atoms with Crippen LogP contribution in [0.15, 0.2) is 47.8 Å². The maximum atomic E-state index is 6.16. The van der Waals surface area contributed by atoms with Gasteiger partial charge < -0.3 is 10.6 Å². The molecule has 2 nitrogen and oxygen atoms in total. The van der Waals surface area contributed by atoms with Crippen LogP contribution in [0.2, 0.25) is 0 Å². The lowest BCUT2D eigenvalue weighted by molar-refractivity contribution is 0.843. The maximum absolute atomic E-state index is 6.16. The number of rotatable bonds is 2. The van der Waals surface area contributed by atoms with Gasteiger partial charge in [0.15, 0.2) is 0 Å². The highest BCUT2D eigenvalue weighted by molar-refractivity contribution is 7.17. The normalized spacial score (nSPS) is 13.9. The molecule has 3 aromatic rings. The van der Waals surface area contributed by atoms with Crippen LogP contribution < -0.4 is 10.6 Å². The van der Waals surface area contributed by atoms with E-state index in [1.165, 1.54) is 26.9 Å². The molecule has 2 N–H and O–H groups in total. The molecule has 0 saturated heterocycles. The molecule has 0 aliphatic carbocycles. The van der Waals surface area contributed by atoms with Gasteiger partial charge in [0.25, 0.3) is 0 Å². The van der Waals surface area contributed by atoms with Crippen LogP contribution in [0.1, 0.15) is 11.1 Å². The van der Waals surface area contributed by atoms with E-state index in [0.29, 0.717) is 0 Å². The van der Waals surface area contributed by atoms with Gasteiger partial charge in [0.2, 0.25) is 0 Å². The molecule has 2 heterocycles. The zero-order valence-electron chi connectivity index (χ0n) is 11.2. The molecular formula is C17H16N2S. The Morgan fingerprint density at radius 2 is 2.00 bits per heavy atom. The van der Waals surface area contributed by atoms with Crippen molar-refractivity contribution < 1.29 is 0 Å². The summed E-state index contributed by atoms with van der Waals surface area (Å²) in [5.74, 6) is 0. The Kier molecular flexibility index (Phi) is 2.67. The third-order valence-corrected chi connectivity index (χ3v) is 5.05. The minimum absolute atomic E-state index is 0.902. The lowest BCUT2D eigenvalue weighted by Gasteiger charge is -2.20. The van der Waals surface area contributed by atoms with Crippen LogP contribution >= 0.6 is 11.3 Å². The number of para-hydroxylation sites is 1. The third kappa shape index (κ3) is 1.78. The molecule has 0 fully saturated rings. The second-order valence-corrected chi connectivity index (χ2v) is 6.19. The molecule has 0 spiro atoms. The number of nitrogen functional groups attached to an aromatic ring is 1. The smallest absolute Gasteiger partial charge is 0.0636 e. The molecule has 1 aliphatic rings. The van der Waals surface area contributed by atoms with Crippen molar-refractivity contribution in [2.45, 2.75) is 13.0 Å². The molecule has 2 aromatic carbocycles. The van der Waals surface area contributed by atoms with Gasteiger partial charge >= 0.3 is 0 Å². The van der Waals surface area contributed by atoms with Gasteiger partial charge in [-0.2, -0.15) is 0 Å². The standard InChI is InChI=1S/C17H16N2S/c18-15-6-3-4-12-8-9-19(17(12)15)10-13-11-20-16-7-2-1-5-14(13)16/h1-7,11H,8-10,18H2. The summed E-state index contributed by atoms with van der Waals surface area (Å²) in [6.45, 7) is 2.01. The highest BCUT2D eigenvalue weighted by Crippen LogP contribution is 2.36. The number of anilines is 2.